The number of aromatic nitrogens is 2. The SMILES string of the molecule is CC[C@]1(C)CCN(c2cnc3[nH]c(=O)ccc3c2)C1. The molecule has 19 heavy (non-hydrogen) atoms. The fourth-order valence-electron chi connectivity index (χ4n) is 2.73. The van der Waals surface area contributed by atoms with E-state index in [1.807, 2.05) is 12.3 Å². The number of nitrogens with zero attached hydrogens (tertiary/aromatic N) is 2. The van der Waals surface area contributed by atoms with E-state index in [1.165, 1.54) is 12.8 Å². The van der Waals surface area contributed by atoms with Crippen molar-refractivity contribution in [2.45, 2.75) is 26.7 Å². The molecule has 1 saturated heterocycles. The molecule has 0 saturated carbocycles. The van der Waals surface area contributed by atoms with Crippen LogP contribution in [0.25, 0.3) is 11.0 Å². The zero-order chi connectivity index (χ0) is 13.5. The fourth-order valence-corrected chi connectivity index (χ4v) is 2.73. The van der Waals surface area contributed by atoms with E-state index < -0.39 is 0 Å². The van der Waals surface area contributed by atoms with Gasteiger partial charge in [-0.05, 0) is 30.4 Å². The van der Waals surface area contributed by atoms with Gasteiger partial charge >= 0.3 is 0 Å². The van der Waals surface area contributed by atoms with Crippen LogP contribution in [0.5, 0.6) is 0 Å². The molecule has 3 heterocycles. The maximum atomic E-state index is 11.2. The van der Waals surface area contributed by atoms with Crippen molar-refractivity contribution in [3.8, 4) is 0 Å². The minimum Gasteiger partial charge on any atom is -0.370 e. The van der Waals surface area contributed by atoms with Gasteiger partial charge in [-0.2, -0.15) is 0 Å². The Morgan fingerprint density at radius 3 is 3.05 bits per heavy atom. The van der Waals surface area contributed by atoms with Gasteiger partial charge in [0.25, 0.3) is 0 Å². The lowest BCUT2D eigenvalue weighted by Crippen LogP contribution is -2.24. The maximum Gasteiger partial charge on any atom is 0.249 e. The number of aromatic amines is 1. The number of hydrogen-bond acceptors (Lipinski definition) is 3. The lowest BCUT2D eigenvalue weighted by molar-refractivity contribution is 0.355. The van der Waals surface area contributed by atoms with E-state index >= 15 is 0 Å². The first-order chi connectivity index (χ1) is 9.09. The molecule has 1 N–H and O–H groups in total. The smallest absolute Gasteiger partial charge is 0.249 e. The summed E-state index contributed by atoms with van der Waals surface area (Å²) >= 11 is 0. The standard InChI is InChI=1S/C15H19N3O/c1-3-15(2)6-7-18(10-15)12-8-11-4-5-13(19)17-14(11)16-9-12/h4-5,8-9H,3,6-7,10H2,1-2H3,(H,16,17,19)/t15-/m1/s1. The van der Waals surface area contributed by atoms with E-state index in [1.54, 1.807) is 6.07 Å². The van der Waals surface area contributed by atoms with Crippen LogP contribution >= 0.6 is 0 Å². The Labute approximate surface area is 112 Å². The summed E-state index contributed by atoms with van der Waals surface area (Å²) in [6, 6.07) is 5.49. The minimum absolute atomic E-state index is 0.104. The van der Waals surface area contributed by atoms with E-state index in [0.717, 1.165) is 24.2 Å². The normalized spacial score (nSPS) is 23.2. The molecule has 0 aliphatic carbocycles. The molecule has 0 spiro atoms. The summed E-state index contributed by atoms with van der Waals surface area (Å²) in [5.74, 6) is 0. The van der Waals surface area contributed by atoms with Crippen LogP contribution in [0.4, 0.5) is 5.69 Å². The Morgan fingerprint density at radius 1 is 1.47 bits per heavy atom. The zero-order valence-corrected chi connectivity index (χ0v) is 11.4. The van der Waals surface area contributed by atoms with Gasteiger partial charge in [0, 0.05) is 24.5 Å². The third-order valence-electron chi connectivity index (χ3n) is 4.34. The molecule has 1 aliphatic rings. The number of nitrogens with one attached hydrogen (secondary N) is 1. The lowest BCUT2D eigenvalue weighted by atomic mass is 9.87. The van der Waals surface area contributed by atoms with Crippen molar-refractivity contribution in [2.24, 2.45) is 5.41 Å². The van der Waals surface area contributed by atoms with Gasteiger partial charge in [-0.25, -0.2) is 4.98 Å². The number of hydrogen-bond donors (Lipinski definition) is 1. The highest BCUT2D eigenvalue weighted by Crippen LogP contribution is 2.35. The summed E-state index contributed by atoms with van der Waals surface area (Å²) in [6.45, 7) is 6.77. The van der Waals surface area contributed by atoms with Crippen LogP contribution in [0.3, 0.4) is 0 Å². The first kappa shape index (κ1) is 12.2. The molecule has 2 aromatic rings. The van der Waals surface area contributed by atoms with Crippen molar-refractivity contribution >= 4 is 16.7 Å². The summed E-state index contributed by atoms with van der Waals surface area (Å²) in [6.07, 6.45) is 4.30. The maximum absolute atomic E-state index is 11.2. The Balaban J connectivity index is 1.94. The minimum atomic E-state index is -0.104. The van der Waals surface area contributed by atoms with E-state index in [4.69, 9.17) is 0 Å². The van der Waals surface area contributed by atoms with Crippen LogP contribution in [0.2, 0.25) is 0 Å². The second-order valence-corrected chi connectivity index (χ2v) is 5.79. The molecule has 1 atom stereocenters. The molecule has 100 valence electrons. The van der Waals surface area contributed by atoms with Gasteiger partial charge in [0.15, 0.2) is 0 Å². The monoisotopic (exact) mass is 257 g/mol. The molecule has 2 aromatic heterocycles. The van der Waals surface area contributed by atoms with Crippen LogP contribution in [0.15, 0.2) is 29.2 Å². The number of fused-ring (bicyclic) bond motifs is 1. The van der Waals surface area contributed by atoms with Crippen LogP contribution in [-0.4, -0.2) is 23.1 Å². The highest BCUT2D eigenvalue weighted by Gasteiger charge is 2.32. The van der Waals surface area contributed by atoms with Crippen molar-refractivity contribution < 1.29 is 0 Å². The van der Waals surface area contributed by atoms with E-state index in [-0.39, 0.29) is 5.56 Å². The molecule has 0 aromatic carbocycles. The summed E-state index contributed by atoms with van der Waals surface area (Å²) in [7, 11) is 0. The van der Waals surface area contributed by atoms with Crippen LogP contribution in [0.1, 0.15) is 26.7 Å². The third kappa shape index (κ3) is 2.23. The van der Waals surface area contributed by atoms with Gasteiger partial charge in [0.05, 0.1) is 11.9 Å². The summed E-state index contributed by atoms with van der Waals surface area (Å²) in [4.78, 5) is 20.7. The van der Waals surface area contributed by atoms with Crippen LogP contribution < -0.4 is 10.5 Å². The number of pyridine rings is 2. The Kier molecular flexibility index (Phi) is 2.81. The molecule has 1 fully saturated rings. The van der Waals surface area contributed by atoms with Gasteiger partial charge in [-0.3, -0.25) is 4.79 Å². The van der Waals surface area contributed by atoms with Gasteiger partial charge in [-0.15, -0.1) is 0 Å². The first-order valence-corrected chi connectivity index (χ1v) is 6.84. The molecule has 4 heteroatoms. The van der Waals surface area contributed by atoms with E-state index in [0.29, 0.717) is 11.1 Å². The Bertz CT molecular complexity index is 664. The Morgan fingerprint density at radius 2 is 2.32 bits per heavy atom. The van der Waals surface area contributed by atoms with Crippen LogP contribution in [-0.2, 0) is 0 Å². The first-order valence-electron chi connectivity index (χ1n) is 6.84. The highest BCUT2D eigenvalue weighted by molar-refractivity contribution is 5.78. The average molecular weight is 257 g/mol. The topological polar surface area (TPSA) is 49.0 Å². The third-order valence-corrected chi connectivity index (χ3v) is 4.34. The molecule has 0 radical (unpaired) electrons. The second kappa shape index (κ2) is 4.37. The number of anilines is 1. The molecular formula is C15H19N3O. The largest absolute Gasteiger partial charge is 0.370 e. The zero-order valence-electron chi connectivity index (χ0n) is 11.4. The summed E-state index contributed by atoms with van der Waals surface area (Å²) < 4.78 is 0. The van der Waals surface area contributed by atoms with Crippen molar-refractivity contribution in [1.29, 1.82) is 0 Å². The highest BCUT2D eigenvalue weighted by atomic mass is 16.1. The van der Waals surface area contributed by atoms with Crippen molar-refractivity contribution in [2.75, 3.05) is 18.0 Å². The predicted molar refractivity (Wildman–Crippen MR) is 77.6 cm³/mol. The fraction of sp³-hybridized carbons (Fsp3) is 0.467. The molecule has 3 rings (SSSR count). The quantitative estimate of drug-likeness (QED) is 0.899. The van der Waals surface area contributed by atoms with Gasteiger partial charge in [-0.1, -0.05) is 13.8 Å². The summed E-state index contributed by atoms with van der Waals surface area (Å²) in [5.41, 5.74) is 2.12. The average Bonchev–Trinajstić information content (AvgIpc) is 2.82. The second-order valence-electron chi connectivity index (χ2n) is 5.79. The number of rotatable bonds is 2. The van der Waals surface area contributed by atoms with Crippen LogP contribution in [0, 0.1) is 5.41 Å². The van der Waals surface area contributed by atoms with Crippen molar-refractivity contribution in [3.05, 3.63) is 34.7 Å². The lowest BCUT2D eigenvalue weighted by Gasteiger charge is -2.24. The van der Waals surface area contributed by atoms with Gasteiger partial charge in [0.2, 0.25) is 5.56 Å². The van der Waals surface area contributed by atoms with E-state index in [9.17, 15) is 4.79 Å². The molecule has 0 unspecified atom stereocenters. The van der Waals surface area contributed by atoms with Crippen molar-refractivity contribution in [1.82, 2.24) is 9.97 Å². The van der Waals surface area contributed by atoms with E-state index in [2.05, 4.69) is 34.8 Å². The predicted octanol–water partition coefficient (Wildman–Crippen LogP) is 2.55. The molecule has 0 bridgehead atoms. The van der Waals surface area contributed by atoms with Gasteiger partial charge < -0.3 is 9.88 Å². The Hall–Kier alpha value is -1.84. The molecular weight excluding hydrogens is 238 g/mol. The van der Waals surface area contributed by atoms with Gasteiger partial charge in [0.1, 0.15) is 5.65 Å². The number of H-pyrrole nitrogens is 1. The molecule has 1 aliphatic heterocycles. The molecule has 0 amide bonds. The summed E-state index contributed by atoms with van der Waals surface area (Å²) in [5, 5.41) is 0.988. The molecule has 4 nitrogen and oxygen atoms in total. The van der Waals surface area contributed by atoms with Crippen molar-refractivity contribution in [3.63, 3.8) is 0 Å².